The Hall–Kier alpha value is -6.80. The standard InChI is InChI=1S/C40H26N8/c1-3-19-43-33(15-1)37-23-35(45-39(47-37)31-13-7-17-41-25-31)29-11-5-9-27(21-29)28-10-6-12-30(22-28)36-24-38(34-16-2-4-20-44-34)48-40(46-36)32-14-8-18-42-26-32/h1-26H. The van der Waals surface area contributed by atoms with Crippen LogP contribution in [0.15, 0.2) is 159 Å². The van der Waals surface area contributed by atoms with Gasteiger partial charge in [-0.25, -0.2) is 19.9 Å². The average Bonchev–Trinajstić information content (AvgIpc) is 3.19. The van der Waals surface area contributed by atoms with Gasteiger partial charge in [-0.05, 0) is 83.9 Å². The second kappa shape index (κ2) is 12.9. The Morgan fingerprint density at radius 1 is 0.292 bits per heavy atom. The van der Waals surface area contributed by atoms with E-state index in [0.29, 0.717) is 11.6 Å². The highest BCUT2D eigenvalue weighted by atomic mass is 14.9. The van der Waals surface area contributed by atoms with Gasteiger partial charge in [0.1, 0.15) is 0 Å². The Morgan fingerprint density at radius 3 is 1.15 bits per heavy atom. The van der Waals surface area contributed by atoms with Crippen molar-refractivity contribution in [3.8, 4) is 79.2 Å². The van der Waals surface area contributed by atoms with Crippen molar-refractivity contribution in [3.63, 3.8) is 0 Å². The van der Waals surface area contributed by atoms with Crippen molar-refractivity contribution < 1.29 is 0 Å². The van der Waals surface area contributed by atoms with Crippen LogP contribution in [0.4, 0.5) is 0 Å². The Balaban J connectivity index is 1.21. The first kappa shape index (κ1) is 28.7. The summed E-state index contributed by atoms with van der Waals surface area (Å²) >= 11 is 0. The van der Waals surface area contributed by atoms with E-state index >= 15 is 0 Å². The van der Waals surface area contributed by atoms with E-state index in [-0.39, 0.29) is 0 Å². The van der Waals surface area contributed by atoms with Crippen LogP contribution < -0.4 is 0 Å². The molecule has 0 aliphatic carbocycles. The van der Waals surface area contributed by atoms with Gasteiger partial charge < -0.3 is 0 Å². The number of nitrogens with zero attached hydrogens (tertiary/aromatic N) is 8. The number of pyridine rings is 4. The van der Waals surface area contributed by atoms with Gasteiger partial charge in [0, 0.05) is 59.4 Å². The van der Waals surface area contributed by atoms with Crippen LogP contribution in [0.25, 0.3) is 79.2 Å². The number of aromatic nitrogens is 8. The molecule has 0 bridgehead atoms. The first-order valence-electron chi connectivity index (χ1n) is 15.4. The van der Waals surface area contributed by atoms with E-state index in [4.69, 9.17) is 19.9 Å². The molecule has 8 aromatic rings. The van der Waals surface area contributed by atoms with Crippen molar-refractivity contribution in [1.82, 2.24) is 39.9 Å². The lowest BCUT2D eigenvalue weighted by Gasteiger charge is -2.11. The van der Waals surface area contributed by atoms with Gasteiger partial charge >= 0.3 is 0 Å². The predicted molar refractivity (Wildman–Crippen MR) is 187 cm³/mol. The van der Waals surface area contributed by atoms with Gasteiger partial charge in [-0.3, -0.25) is 19.9 Å². The van der Waals surface area contributed by atoms with E-state index in [1.807, 2.05) is 84.9 Å². The van der Waals surface area contributed by atoms with E-state index < -0.39 is 0 Å². The van der Waals surface area contributed by atoms with E-state index in [2.05, 4.69) is 56.3 Å². The van der Waals surface area contributed by atoms with Gasteiger partial charge in [0.15, 0.2) is 11.6 Å². The molecule has 2 aromatic carbocycles. The van der Waals surface area contributed by atoms with E-state index in [1.54, 1.807) is 37.2 Å². The minimum atomic E-state index is 0.588. The highest BCUT2D eigenvalue weighted by Gasteiger charge is 2.14. The lowest BCUT2D eigenvalue weighted by Crippen LogP contribution is -1.97. The summed E-state index contributed by atoms with van der Waals surface area (Å²) in [6.07, 6.45) is 10.6. The van der Waals surface area contributed by atoms with Gasteiger partial charge in [0.25, 0.3) is 0 Å². The Morgan fingerprint density at radius 2 is 0.729 bits per heavy atom. The number of rotatable bonds is 7. The van der Waals surface area contributed by atoms with E-state index in [9.17, 15) is 0 Å². The van der Waals surface area contributed by atoms with Crippen LogP contribution in [0, 0.1) is 0 Å². The molecule has 0 atom stereocenters. The van der Waals surface area contributed by atoms with Crippen LogP contribution in [0.5, 0.6) is 0 Å². The molecule has 0 radical (unpaired) electrons. The molecule has 0 fully saturated rings. The molecular weight excluding hydrogens is 592 g/mol. The van der Waals surface area contributed by atoms with Crippen molar-refractivity contribution in [2.75, 3.05) is 0 Å². The molecule has 0 N–H and O–H groups in total. The zero-order chi connectivity index (χ0) is 32.1. The number of benzene rings is 2. The minimum Gasteiger partial charge on any atom is -0.264 e. The molecule has 0 spiro atoms. The van der Waals surface area contributed by atoms with Crippen molar-refractivity contribution in [2.45, 2.75) is 0 Å². The molecule has 0 unspecified atom stereocenters. The SMILES string of the molecule is c1ccc(-c2cc(-c3cccc(-c4cccc(-c5cc(-c6ccccn6)nc(-c6cccnc6)n5)c4)c3)nc(-c3cccnc3)n2)nc1. The molecule has 0 aliphatic rings. The summed E-state index contributed by atoms with van der Waals surface area (Å²) < 4.78 is 0. The molecule has 8 heteroatoms. The van der Waals surface area contributed by atoms with E-state index in [1.165, 1.54) is 0 Å². The van der Waals surface area contributed by atoms with Crippen LogP contribution in [-0.4, -0.2) is 39.9 Å². The molecule has 226 valence electrons. The normalized spacial score (nSPS) is 10.9. The van der Waals surface area contributed by atoms with Gasteiger partial charge in [0.2, 0.25) is 0 Å². The molecule has 6 aromatic heterocycles. The van der Waals surface area contributed by atoms with Crippen molar-refractivity contribution >= 4 is 0 Å². The van der Waals surface area contributed by atoms with Crippen molar-refractivity contribution in [1.29, 1.82) is 0 Å². The lowest BCUT2D eigenvalue weighted by molar-refractivity contribution is 1.15. The molecule has 8 rings (SSSR count). The average molecular weight is 619 g/mol. The molecule has 0 amide bonds. The second-order valence-corrected chi connectivity index (χ2v) is 11.0. The maximum atomic E-state index is 4.97. The Kier molecular flexibility index (Phi) is 7.70. The largest absolute Gasteiger partial charge is 0.264 e. The maximum absolute atomic E-state index is 4.97. The topological polar surface area (TPSA) is 103 Å². The summed E-state index contributed by atoms with van der Waals surface area (Å²) in [6, 6.07) is 40.0. The molecular formula is C40H26N8. The Bertz CT molecular complexity index is 2050. The fourth-order valence-electron chi connectivity index (χ4n) is 5.45. The minimum absolute atomic E-state index is 0.588. The summed E-state index contributed by atoms with van der Waals surface area (Å²) in [4.78, 5) is 37.3. The third kappa shape index (κ3) is 6.05. The summed E-state index contributed by atoms with van der Waals surface area (Å²) in [7, 11) is 0. The summed E-state index contributed by atoms with van der Waals surface area (Å²) in [5, 5.41) is 0. The second-order valence-electron chi connectivity index (χ2n) is 11.0. The van der Waals surface area contributed by atoms with Crippen molar-refractivity contribution in [2.24, 2.45) is 0 Å². The van der Waals surface area contributed by atoms with Crippen LogP contribution in [-0.2, 0) is 0 Å². The summed E-state index contributed by atoms with van der Waals surface area (Å²) in [5.41, 5.74) is 10.3. The fraction of sp³-hybridized carbons (Fsp3) is 0. The van der Waals surface area contributed by atoms with Gasteiger partial charge in [-0.15, -0.1) is 0 Å². The first-order valence-corrected chi connectivity index (χ1v) is 15.4. The first-order chi connectivity index (χ1) is 23.8. The molecule has 48 heavy (non-hydrogen) atoms. The highest BCUT2D eigenvalue weighted by Crippen LogP contribution is 2.32. The smallest absolute Gasteiger partial charge is 0.162 e. The molecule has 0 aliphatic heterocycles. The van der Waals surface area contributed by atoms with Crippen LogP contribution >= 0.6 is 0 Å². The van der Waals surface area contributed by atoms with E-state index in [0.717, 1.165) is 67.5 Å². The molecule has 0 saturated heterocycles. The van der Waals surface area contributed by atoms with Crippen molar-refractivity contribution in [3.05, 3.63) is 159 Å². The third-order valence-electron chi connectivity index (χ3n) is 7.80. The molecule has 8 nitrogen and oxygen atoms in total. The molecule has 0 saturated carbocycles. The lowest BCUT2D eigenvalue weighted by atomic mass is 9.98. The predicted octanol–water partition coefficient (Wildman–Crippen LogP) is 8.52. The number of hydrogen-bond acceptors (Lipinski definition) is 8. The van der Waals surface area contributed by atoms with Crippen LogP contribution in [0.1, 0.15) is 0 Å². The monoisotopic (exact) mass is 618 g/mol. The number of hydrogen-bond donors (Lipinski definition) is 0. The fourth-order valence-corrected chi connectivity index (χ4v) is 5.45. The zero-order valence-corrected chi connectivity index (χ0v) is 25.6. The summed E-state index contributed by atoms with van der Waals surface area (Å²) in [5.74, 6) is 1.18. The summed E-state index contributed by atoms with van der Waals surface area (Å²) in [6.45, 7) is 0. The third-order valence-corrected chi connectivity index (χ3v) is 7.80. The Labute approximate surface area is 277 Å². The molecule has 6 heterocycles. The zero-order valence-electron chi connectivity index (χ0n) is 25.6. The van der Waals surface area contributed by atoms with Gasteiger partial charge in [-0.1, -0.05) is 48.5 Å². The quantitative estimate of drug-likeness (QED) is 0.175. The van der Waals surface area contributed by atoms with Crippen LogP contribution in [0.3, 0.4) is 0 Å². The highest BCUT2D eigenvalue weighted by molar-refractivity contribution is 5.78. The van der Waals surface area contributed by atoms with Gasteiger partial charge in [0.05, 0.1) is 34.2 Å². The van der Waals surface area contributed by atoms with Gasteiger partial charge in [-0.2, -0.15) is 0 Å². The maximum Gasteiger partial charge on any atom is 0.162 e. The van der Waals surface area contributed by atoms with Crippen LogP contribution in [0.2, 0.25) is 0 Å².